The summed E-state index contributed by atoms with van der Waals surface area (Å²) < 4.78 is 12.0. The molecule has 0 aliphatic carbocycles. The van der Waals surface area contributed by atoms with E-state index in [9.17, 15) is 4.79 Å². The Balaban J connectivity index is 1.31. The third kappa shape index (κ3) is 3.93. The van der Waals surface area contributed by atoms with E-state index in [0.717, 1.165) is 32.3 Å². The van der Waals surface area contributed by atoms with Gasteiger partial charge in [-0.15, -0.1) is 0 Å². The van der Waals surface area contributed by atoms with E-state index in [-0.39, 0.29) is 11.5 Å². The molecule has 2 aliphatic rings. The van der Waals surface area contributed by atoms with Gasteiger partial charge in [0.2, 0.25) is 5.88 Å². The molecule has 2 aliphatic heterocycles. The summed E-state index contributed by atoms with van der Waals surface area (Å²) in [6, 6.07) is 7.34. The number of rotatable bonds is 5. The van der Waals surface area contributed by atoms with E-state index in [2.05, 4.69) is 15.0 Å². The Bertz CT molecular complexity index is 748. The van der Waals surface area contributed by atoms with Crippen molar-refractivity contribution in [1.82, 2.24) is 19.9 Å². The highest BCUT2D eigenvalue weighted by atomic mass is 16.5. The fourth-order valence-corrected chi connectivity index (χ4v) is 4.15. The summed E-state index contributed by atoms with van der Waals surface area (Å²) in [6.07, 6.45) is 8.46. The van der Waals surface area contributed by atoms with Crippen molar-refractivity contribution in [2.45, 2.75) is 31.3 Å². The van der Waals surface area contributed by atoms with Crippen molar-refractivity contribution in [3.8, 4) is 5.88 Å². The largest absolute Gasteiger partial charge is 0.478 e. The standard InChI is InChI=1S/C20H24N4O3/c25-19(17-4-10-21-15-23-17)24-11-7-20(8-12-24)16(6-14-27-20)5-13-26-18-3-1-2-9-22-18/h1-4,9-10,15-16H,5-8,11-14H2/t16-/m0/s1. The monoisotopic (exact) mass is 368 g/mol. The molecule has 1 spiro atoms. The van der Waals surface area contributed by atoms with Crippen LogP contribution in [0.15, 0.2) is 43.0 Å². The van der Waals surface area contributed by atoms with Crippen molar-refractivity contribution in [2.75, 3.05) is 26.3 Å². The summed E-state index contributed by atoms with van der Waals surface area (Å²) in [6.45, 7) is 2.81. The molecule has 7 heteroatoms. The number of carbonyl (C=O) groups excluding carboxylic acids is 1. The molecule has 2 fully saturated rings. The fourth-order valence-electron chi connectivity index (χ4n) is 4.15. The molecule has 4 rings (SSSR count). The van der Waals surface area contributed by atoms with Gasteiger partial charge >= 0.3 is 0 Å². The zero-order valence-electron chi connectivity index (χ0n) is 15.3. The second-order valence-electron chi connectivity index (χ2n) is 7.09. The predicted molar refractivity (Wildman–Crippen MR) is 98.3 cm³/mol. The van der Waals surface area contributed by atoms with Gasteiger partial charge in [0, 0.05) is 38.2 Å². The van der Waals surface area contributed by atoms with E-state index in [1.807, 2.05) is 23.1 Å². The van der Waals surface area contributed by atoms with Crippen LogP contribution in [0.4, 0.5) is 0 Å². The van der Waals surface area contributed by atoms with Crippen molar-refractivity contribution in [1.29, 1.82) is 0 Å². The van der Waals surface area contributed by atoms with Crippen LogP contribution in [0.25, 0.3) is 0 Å². The van der Waals surface area contributed by atoms with E-state index in [0.29, 0.717) is 37.2 Å². The molecule has 0 saturated carbocycles. The van der Waals surface area contributed by atoms with E-state index >= 15 is 0 Å². The molecule has 2 saturated heterocycles. The van der Waals surface area contributed by atoms with Crippen molar-refractivity contribution in [3.05, 3.63) is 48.7 Å². The number of nitrogens with zero attached hydrogens (tertiary/aromatic N) is 4. The Hall–Kier alpha value is -2.54. The molecule has 0 N–H and O–H groups in total. The molecular weight excluding hydrogens is 344 g/mol. The van der Waals surface area contributed by atoms with Crippen LogP contribution in [-0.2, 0) is 4.74 Å². The molecule has 7 nitrogen and oxygen atoms in total. The maximum absolute atomic E-state index is 12.6. The first-order chi connectivity index (χ1) is 13.3. The summed E-state index contributed by atoms with van der Waals surface area (Å²) in [5, 5.41) is 0. The van der Waals surface area contributed by atoms with Gasteiger partial charge in [-0.2, -0.15) is 0 Å². The van der Waals surface area contributed by atoms with Gasteiger partial charge in [-0.3, -0.25) is 4.79 Å². The molecule has 0 aromatic carbocycles. The zero-order chi connectivity index (χ0) is 18.5. The summed E-state index contributed by atoms with van der Waals surface area (Å²) in [5.41, 5.74) is 0.323. The molecule has 0 radical (unpaired) electrons. The van der Waals surface area contributed by atoms with Gasteiger partial charge in [0.05, 0.1) is 12.2 Å². The molecule has 2 aromatic rings. The van der Waals surface area contributed by atoms with Crippen molar-refractivity contribution >= 4 is 5.91 Å². The van der Waals surface area contributed by atoms with Gasteiger partial charge in [0.25, 0.3) is 5.91 Å². The van der Waals surface area contributed by atoms with E-state index in [1.165, 1.54) is 6.33 Å². The number of piperidine rings is 1. The molecule has 0 unspecified atom stereocenters. The highest BCUT2D eigenvalue weighted by Crippen LogP contribution is 2.42. The van der Waals surface area contributed by atoms with Crippen LogP contribution < -0.4 is 4.74 Å². The zero-order valence-corrected chi connectivity index (χ0v) is 15.3. The molecule has 1 amide bonds. The van der Waals surface area contributed by atoms with Gasteiger partial charge in [0.15, 0.2) is 0 Å². The minimum Gasteiger partial charge on any atom is -0.478 e. The molecular formula is C20H24N4O3. The van der Waals surface area contributed by atoms with Crippen LogP contribution in [-0.4, -0.2) is 57.7 Å². The number of hydrogen-bond donors (Lipinski definition) is 0. The topological polar surface area (TPSA) is 77.4 Å². The third-order valence-corrected chi connectivity index (χ3v) is 5.65. The molecule has 27 heavy (non-hydrogen) atoms. The first-order valence-electron chi connectivity index (χ1n) is 9.50. The number of ether oxygens (including phenoxy) is 2. The maximum atomic E-state index is 12.6. The summed E-state index contributed by atoms with van der Waals surface area (Å²) in [5.74, 6) is 1.09. The SMILES string of the molecule is O=C(c1ccncn1)N1CCC2(CC1)OCC[C@@H]2CCOc1ccccn1. The maximum Gasteiger partial charge on any atom is 0.272 e. The highest BCUT2D eigenvalue weighted by molar-refractivity contribution is 5.92. The Morgan fingerprint density at radius 2 is 2.11 bits per heavy atom. The van der Waals surface area contributed by atoms with Gasteiger partial charge in [0.1, 0.15) is 12.0 Å². The Morgan fingerprint density at radius 3 is 2.85 bits per heavy atom. The number of amides is 1. The quantitative estimate of drug-likeness (QED) is 0.806. The lowest BCUT2D eigenvalue weighted by molar-refractivity contribution is -0.0649. The van der Waals surface area contributed by atoms with Crippen molar-refractivity contribution in [3.63, 3.8) is 0 Å². The lowest BCUT2D eigenvalue weighted by atomic mass is 9.78. The van der Waals surface area contributed by atoms with Gasteiger partial charge in [-0.25, -0.2) is 15.0 Å². The number of likely N-dealkylation sites (tertiary alicyclic amines) is 1. The third-order valence-electron chi connectivity index (χ3n) is 5.65. The minimum absolute atomic E-state index is 0.0275. The van der Waals surface area contributed by atoms with Crippen LogP contribution in [0.1, 0.15) is 36.2 Å². The average molecular weight is 368 g/mol. The van der Waals surface area contributed by atoms with Gasteiger partial charge in [-0.05, 0) is 43.7 Å². The van der Waals surface area contributed by atoms with Crippen molar-refractivity contribution < 1.29 is 14.3 Å². The summed E-state index contributed by atoms with van der Waals surface area (Å²) in [7, 11) is 0. The van der Waals surface area contributed by atoms with Crippen LogP contribution in [0.2, 0.25) is 0 Å². The highest BCUT2D eigenvalue weighted by Gasteiger charge is 2.46. The van der Waals surface area contributed by atoms with Crippen LogP contribution in [0, 0.1) is 5.92 Å². The van der Waals surface area contributed by atoms with E-state index < -0.39 is 0 Å². The second-order valence-corrected chi connectivity index (χ2v) is 7.09. The number of carbonyl (C=O) groups is 1. The van der Waals surface area contributed by atoms with E-state index in [4.69, 9.17) is 9.47 Å². The lowest BCUT2D eigenvalue weighted by Crippen LogP contribution is -2.49. The lowest BCUT2D eigenvalue weighted by Gasteiger charge is -2.42. The average Bonchev–Trinajstić information content (AvgIpc) is 3.11. The fraction of sp³-hybridized carbons (Fsp3) is 0.500. The molecule has 1 atom stereocenters. The predicted octanol–water partition coefficient (Wildman–Crippen LogP) is 2.35. The molecule has 2 aromatic heterocycles. The normalized spacial score (nSPS) is 21.3. The van der Waals surface area contributed by atoms with Gasteiger partial charge < -0.3 is 14.4 Å². The summed E-state index contributed by atoms with van der Waals surface area (Å²) in [4.78, 5) is 26.6. The van der Waals surface area contributed by atoms with Crippen LogP contribution in [0.5, 0.6) is 5.88 Å². The first-order valence-corrected chi connectivity index (χ1v) is 9.50. The number of hydrogen-bond acceptors (Lipinski definition) is 6. The summed E-state index contributed by atoms with van der Waals surface area (Å²) >= 11 is 0. The molecule has 0 bridgehead atoms. The Labute approximate surface area is 158 Å². The molecule has 142 valence electrons. The minimum atomic E-state index is -0.129. The molecule has 4 heterocycles. The van der Waals surface area contributed by atoms with Gasteiger partial charge in [-0.1, -0.05) is 6.07 Å². The Morgan fingerprint density at radius 1 is 1.22 bits per heavy atom. The number of pyridine rings is 1. The first kappa shape index (κ1) is 17.9. The van der Waals surface area contributed by atoms with E-state index in [1.54, 1.807) is 18.5 Å². The van der Waals surface area contributed by atoms with Crippen LogP contribution >= 0.6 is 0 Å². The smallest absolute Gasteiger partial charge is 0.272 e. The Kier molecular flexibility index (Phi) is 5.29. The van der Waals surface area contributed by atoms with Crippen LogP contribution in [0.3, 0.4) is 0 Å². The second kappa shape index (κ2) is 8.00. The van der Waals surface area contributed by atoms with Crippen molar-refractivity contribution in [2.24, 2.45) is 5.92 Å². The number of aromatic nitrogens is 3.